The summed E-state index contributed by atoms with van der Waals surface area (Å²) in [7, 11) is 0. The van der Waals surface area contributed by atoms with Crippen molar-refractivity contribution in [2.75, 3.05) is 12.4 Å². The Bertz CT molecular complexity index is 507. The molecule has 3 heteroatoms. The molecule has 21 heavy (non-hydrogen) atoms. The smallest absolute Gasteiger partial charge is 0.0351 e. The lowest BCUT2D eigenvalue weighted by atomic mass is 10.1. The highest BCUT2D eigenvalue weighted by molar-refractivity contribution is 6.18. The van der Waals surface area contributed by atoms with E-state index in [1.165, 1.54) is 22.3 Å². The lowest BCUT2D eigenvalue weighted by Gasteiger charge is -2.22. The summed E-state index contributed by atoms with van der Waals surface area (Å²) in [6.07, 6.45) is 0. The highest BCUT2D eigenvalue weighted by Gasteiger charge is 2.07. The highest BCUT2D eigenvalue weighted by Crippen LogP contribution is 2.12. The zero-order chi connectivity index (χ0) is 14.4. The number of nitrogens with zero attached hydrogens (tertiary/aromatic N) is 1. The van der Waals surface area contributed by atoms with Crippen molar-refractivity contribution in [3.05, 3.63) is 70.8 Å². The Morgan fingerprint density at radius 1 is 0.857 bits per heavy atom. The van der Waals surface area contributed by atoms with Crippen molar-refractivity contribution in [2.45, 2.75) is 26.9 Å². The quantitative estimate of drug-likeness (QED) is 0.678. The fraction of sp³-hybridized carbons (Fsp3) is 0.333. The van der Waals surface area contributed by atoms with Crippen molar-refractivity contribution < 1.29 is 0 Å². The Labute approximate surface area is 139 Å². The Balaban J connectivity index is 0.00000220. The zero-order valence-electron chi connectivity index (χ0n) is 12.7. The first-order valence-corrected chi connectivity index (χ1v) is 7.60. The normalized spacial score (nSPS) is 10.5. The van der Waals surface area contributed by atoms with E-state index in [2.05, 4.69) is 67.3 Å². The van der Waals surface area contributed by atoms with Crippen molar-refractivity contribution in [3.63, 3.8) is 0 Å². The van der Waals surface area contributed by atoms with Crippen LogP contribution in [0.5, 0.6) is 0 Å². The Morgan fingerprint density at radius 3 is 1.71 bits per heavy atom. The summed E-state index contributed by atoms with van der Waals surface area (Å²) in [5, 5.41) is 0. The first-order valence-electron chi connectivity index (χ1n) is 7.07. The number of aryl methyl sites for hydroxylation is 2. The molecule has 0 spiro atoms. The van der Waals surface area contributed by atoms with Gasteiger partial charge >= 0.3 is 0 Å². The molecule has 2 aromatic carbocycles. The van der Waals surface area contributed by atoms with Crippen LogP contribution in [0.4, 0.5) is 0 Å². The highest BCUT2D eigenvalue weighted by atomic mass is 35.5. The minimum atomic E-state index is 0. The van der Waals surface area contributed by atoms with E-state index in [-0.39, 0.29) is 12.4 Å². The summed E-state index contributed by atoms with van der Waals surface area (Å²) in [4.78, 5) is 2.40. The predicted octanol–water partition coefficient (Wildman–Crippen LogP) is 4.97. The van der Waals surface area contributed by atoms with E-state index in [9.17, 15) is 0 Å². The Kier molecular flexibility index (Phi) is 7.81. The van der Waals surface area contributed by atoms with Crippen molar-refractivity contribution in [1.29, 1.82) is 0 Å². The third-order valence-electron chi connectivity index (χ3n) is 3.38. The zero-order valence-corrected chi connectivity index (χ0v) is 14.3. The minimum Gasteiger partial charge on any atom is -0.294 e. The van der Waals surface area contributed by atoms with Gasteiger partial charge in [0.05, 0.1) is 0 Å². The van der Waals surface area contributed by atoms with Crippen LogP contribution in [0.15, 0.2) is 48.5 Å². The molecule has 114 valence electrons. The van der Waals surface area contributed by atoms with Crippen LogP contribution in [0, 0.1) is 13.8 Å². The van der Waals surface area contributed by atoms with Crippen LogP contribution in [0.3, 0.4) is 0 Å². The molecule has 0 unspecified atom stereocenters. The molecule has 0 heterocycles. The maximum absolute atomic E-state index is 5.95. The van der Waals surface area contributed by atoms with Crippen LogP contribution in [-0.2, 0) is 13.1 Å². The third-order valence-corrected chi connectivity index (χ3v) is 3.55. The van der Waals surface area contributed by atoms with Gasteiger partial charge in [-0.1, -0.05) is 59.7 Å². The molecule has 0 saturated carbocycles. The van der Waals surface area contributed by atoms with Crippen LogP contribution < -0.4 is 0 Å². The molecule has 2 aromatic rings. The molecule has 0 aliphatic carbocycles. The number of rotatable bonds is 6. The van der Waals surface area contributed by atoms with Crippen LogP contribution in [0.2, 0.25) is 0 Å². The topological polar surface area (TPSA) is 3.24 Å². The van der Waals surface area contributed by atoms with E-state index in [4.69, 9.17) is 11.6 Å². The van der Waals surface area contributed by atoms with E-state index >= 15 is 0 Å². The summed E-state index contributed by atoms with van der Waals surface area (Å²) in [6.45, 7) is 7.07. The molecule has 2 rings (SSSR count). The van der Waals surface area contributed by atoms with Gasteiger partial charge in [-0.25, -0.2) is 0 Å². The molecular formula is C18H23Cl2N. The molecule has 0 fully saturated rings. The van der Waals surface area contributed by atoms with Gasteiger partial charge in [-0.15, -0.1) is 24.0 Å². The number of halogens is 2. The van der Waals surface area contributed by atoms with Gasteiger partial charge in [0.1, 0.15) is 0 Å². The maximum Gasteiger partial charge on any atom is 0.0351 e. The fourth-order valence-electron chi connectivity index (χ4n) is 2.47. The molecule has 0 aromatic heterocycles. The number of benzene rings is 2. The Hall–Kier alpha value is -1.02. The second-order valence-corrected chi connectivity index (χ2v) is 5.76. The molecule has 0 aliphatic heterocycles. The molecule has 0 saturated heterocycles. The van der Waals surface area contributed by atoms with Gasteiger partial charge in [0.15, 0.2) is 0 Å². The van der Waals surface area contributed by atoms with Crippen LogP contribution >= 0.6 is 24.0 Å². The van der Waals surface area contributed by atoms with Crippen molar-refractivity contribution in [1.82, 2.24) is 4.90 Å². The van der Waals surface area contributed by atoms with Crippen molar-refractivity contribution >= 4 is 24.0 Å². The average Bonchev–Trinajstić information content (AvgIpc) is 2.39. The second kappa shape index (κ2) is 9.09. The Morgan fingerprint density at radius 2 is 1.33 bits per heavy atom. The van der Waals surface area contributed by atoms with Gasteiger partial charge in [-0.3, -0.25) is 4.90 Å². The minimum absolute atomic E-state index is 0. The summed E-state index contributed by atoms with van der Waals surface area (Å²) in [5.74, 6) is 0.664. The number of alkyl halides is 1. The first kappa shape index (κ1) is 18.0. The molecule has 0 radical (unpaired) electrons. The summed E-state index contributed by atoms with van der Waals surface area (Å²) in [6, 6.07) is 17.4. The van der Waals surface area contributed by atoms with E-state index in [1.54, 1.807) is 0 Å². The molecule has 0 aliphatic rings. The maximum atomic E-state index is 5.95. The predicted molar refractivity (Wildman–Crippen MR) is 94.4 cm³/mol. The van der Waals surface area contributed by atoms with Crippen molar-refractivity contribution in [3.8, 4) is 0 Å². The van der Waals surface area contributed by atoms with Gasteiger partial charge in [0.25, 0.3) is 0 Å². The summed E-state index contributed by atoms with van der Waals surface area (Å²) >= 11 is 5.95. The molecular weight excluding hydrogens is 301 g/mol. The van der Waals surface area contributed by atoms with E-state index in [1.807, 2.05) is 0 Å². The lowest BCUT2D eigenvalue weighted by molar-refractivity contribution is 0.273. The number of hydrogen-bond donors (Lipinski definition) is 0. The fourth-order valence-corrected chi connectivity index (χ4v) is 2.71. The first-order chi connectivity index (χ1) is 9.67. The van der Waals surface area contributed by atoms with Gasteiger partial charge in [0, 0.05) is 25.5 Å². The third kappa shape index (κ3) is 6.09. The van der Waals surface area contributed by atoms with Crippen molar-refractivity contribution in [2.24, 2.45) is 0 Å². The molecule has 0 atom stereocenters. The van der Waals surface area contributed by atoms with Gasteiger partial charge in [-0.05, 0) is 25.0 Å². The lowest BCUT2D eigenvalue weighted by Crippen LogP contribution is -2.25. The van der Waals surface area contributed by atoms with E-state index < -0.39 is 0 Å². The van der Waals surface area contributed by atoms with Gasteiger partial charge in [-0.2, -0.15) is 0 Å². The largest absolute Gasteiger partial charge is 0.294 e. The summed E-state index contributed by atoms with van der Waals surface area (Å²) < 4.78 is 0. The standard InChI is InChI=1S/C18H22ClN.ClH/c1-15-5-3-7-17(11-15)13-20(10-9-19)14-18-8-4-6-16(2)12-18;/h3-8,11-12H,9-10,13-14H2,1-2H3;1H. The van der Waals surface area contributed by atoms with Crippen LogP contribution in [-0.4, -0.2) is 17.3 Å². The molecule has 0 amide bonds. The summed E-state index contributed by atoms with van der Waals surface area (Å²) in [5.41, 5.74) is 5.32. The monoisotopic (exact) mass is 323 g/mol. The second-order valence-electron chi connectivity index (χ2n) is 5.38. The molecule has 0 bridgehead atoms. The van der Waals surface area contributed by atoms with E-state index in [0.717, 1.165) is 19.6 Å². The van der Waals surface area contributed by atoms with Gasteiger partial charge < -0.3 is 0 Å². The molecule has 0 N–H and O–H groups in total. The number of hydrogen-bond acceptors (Lipinski definition) is 1. The van der Waals surface area contributed by atoms with Crippen LogP contribution in [0.1, 0.15) is 22.3 Å². The SMILES string of the molecule is Cc1cccc(CN(CCCl)Cc2cccc(C)c2)c1.Cl. The average molecular weight is 324 g/mol. The van der Waals surface area contributed by atoms with E-state index in [0.29, 0.717) is 5.88 Å². The molecule has 1 nitrogen and oxygen atoms in total. The van der Waals surface area contributed by atoms with Gasteiger partial charge in [0.2, 0.25) is 0 Å². The van der Waals surface area contributed by atoms with Crippen LogP contribution in [0.25, 0.3) is 0 Å².